The van der Waals surface area contributed by atoms with Gasteiger partial charge in [-0.15, -0.1) is 0 Å². The second kappa shape index (κ2) is 12.9. The fraction of sp³-hybridized carbons (Fsp3) is 0.310. The molecule has 0 fully saturated rings. The average Bonchev–Trinajstić information content (AvgIpc) is 2.86. The molecule has 0 radical (unpaired) electrons. The third-order valence-corrected chi connectivity index (χ3v) is 7.53. The first-order valence-electron chi connectivity index (χ1n) is 12.5. The molecule has 0 bridgehead atoms. The Kier molecular flexibility index (Phi) is 10.1. The first-order chi connectivity index (χ1) is 18.6. The second-order valence-corrected chi connectivity index (χ2v) is 13.1. The lowest BCUT2D eigenvalue weighted by Gasteiger charge is -2.33. The van der Waals surface area contributed by atoms with Gasteiger partial charge in [-0.3, -0.25) is 13.9 Å². The van der Waals surface area contributed by atoms with Crippen LogP contribution in [-0.2, 0) is 26.2 Å². The van der Waals surface area contributed by atoms with Crippen LogP contribution in [0.2, 0.25) is 10.0 Å². The zero-order valence-corrected chi connectivity index (χ0v) is 25.3. The zero-order chi connectivity index (χ0) is 29.7. The predicted octanol–water partition coefficient (Wildman–Crippen LogP) is 5.88. The van der Waals surface area contributed by atoms with E-state index in [2.05, 4.69) is 5.32 Å². The van der Waals surface area contributed by atoms with Crippen LogP contribution in [0.25, 0.3) is 0 Å². The number of benzene rings is 3. The van der Waals surface area contributed by atoms with E-state index in [4.69, 9.17) is 27.9 Å². The topological polar surface area (TPSA) is 96.0 Å². The molecule has 0 aliphatic heterocycles. The fourth-order valence-electron chi connectivity index (χ4n) is 3.81. The van der Waals surface area contributed by atoms with Gasteiger partial charge in [0.05, 0.1) is 11.9 Å². The molecular formula is C29H33Cl2N3O5S. The zero-order valence-electron chi connectivity index (χ0n) is 23.0. The first-order valence-corrected chi connectivity index (χ1v) is 15.1. The van der Waals surface area contributed by atoms with E-state index in [1.807, 2.05) is 39.0 Å². The van der Waals surface area contributed by atoms with Crippen LogP contribution in [0.15, 0.2) is 72.8 Å². The van der Waals surface area contributed by atoms with Gasteiger partial charge in [-0.1, -0.05) is 47.5 Å². The molecule has 3 aromatic rings. The Balaban J connectivity index is 1.90. The monoisotopic (exact) mass is 605 g/mol. The number of halogens is 2. The number of nitrogens with zero attached hydrogens (tertiary/aromatic N) is 2. The molecule has 8 nitrogen and oxygen atoms in total. The molecule has 11 heteroatoms. The SMILES string of the molecule is C[C@@H](C(=O)NC(C)(C)C)N(Cc1ccc(Cl)cc1Cl)C(=O)CN(c1ccc(Oc2ccccc2)cc1)S(C)(=O)=O. The highest BCUT2D eigenvalue weighted by Gasteiger charge is 2.31. The molecule has 214 valence electrons. The molecule has 0 spiro atoms. The number of para-hydroxylation sites is 1. The Labute approximate surface area is 245 Å². The minimum atomic E-state index is -3.88. The number of hydrogen-bond acceptors (Lipinski definition) is 5. The maximum atomic E-state index is 13.7. The van der Waals surface area contributed by atoms with E-state index in [9.17, 15) is 18.0 Å². The number of anilines is 1. The van der Waals surface area contributed by atoms with Crippen molar-refractivity contribution in [2.45, 2.75) is 45.8 Å². The lowest BCUT2D eigenvalue weighted by molar-refractivity contribution is -0.140. The van der Waals surface area contributed by atoms with E-state index in [-0.39, 0.29) is 18.1 Å². The molecule has 3 aromatic carbocycles. The number of amides is 2. The van der Waals surface area contributed by atoms with Gasteiger partial charge in [0.25, 0.3) is 0 Å². The van der Waals surface area contributed by atoms with Crippen LogP contribution in [0.5, 0.6) is 11.5 Å². The summed E-state index contributed by atoms with van der Waals surface area (Å²) in [4.78, 5) is 28.1. The fourth-order valence-corrected chi connectivity index (χ4v) is 5.13. The molecule has 0 unspecified atom stereocenters. The molecule has 0 saturated carbocycles. The van der Waals surface area contributed by atoms with E-state index in [1.165, 1.54) is 4.90 Å². The molecule has 1 N–H and O–H groups in total. The summed E-state index contributed by atoms with van der Waals surface area (Å²) in [6.45, 7) is 6.51. The van der Waals surface area contributed by atoms with Crippen LogP contribution < -0.4 is 14.4 Å². The van der Waals surface area contributed by atoms with Gasteiger partial charge >= 0.3 is 0 Å². The van der Waals surface area contributed by atoms with Crippen molar-refractivity contribution < 1.29 is 22.7 Å². The highest BCUT2D eigenvalue weighted by atomic mass is 35.5. The molecule has 0 aliphatic carbocycles. The van der Waals surface area contributed by atoms with E-state index in [0.717, 1.165) is 10.6 Å². The summed E-state index contributed by atoms with van der Waals surface area (Å²) < 4.78 is 32.4. The van der Waals surface area contributed by atoms with Crippen LogP contribution in [0, 0.1) is 0 Å². The quantitative estimate of drug-likeness (QED) is 0.311. The molecule has 40 heavy (non-hydrogen) atoms. The molecule has 0 saturated heterocycles. The largest absolute Gasteiger partial charge is 0.457 e. The van der Waals surface area contributed by atoms with Crippen LogP contribution in [0.3, 0.4) is 0 Å². The minimum absolute atomic E-state index is 0.0327. The third kappa shape index (κ3) is 8.87. The van der Waals surface area contributed by atoms with Crippen molar-refractivity contribution in [2.75, 3.05) is 17.1 Å². The molecule has 3 rings (SSSR count). The van der Waals surface area contributed by atoms with Crippen LogP contribution >= 0.6 is 23.2 Å². The van der Waals surface area contributed by atoms with Crippen molar-refractivity contribution in [3.05, 3.63) is 88.4 Å². The number of carbonyl (C=O) groups excluding carboxylic acids is 2. The van der Waals surface area contributed by atoms with Gasteiger partial charge in [0.15, 0.2) is 0 Å². The third-order valence-electron chi connectivity index (χ3n) is 5.80. The Hall–Kier alpha value is -3.27. The molecular weight excluding hydrogens is 573 g/mol. The number of sulfonamides is 1. The summed E-state index contributed by atoms with van der Waals surface area (Å²) in [5.41, 5.74) is 0.288. The summed E-state index contributed by atoms with van der Waals surface area (Å²) in [5, 5.41) is 3.62. The van der Waals surface area contributed by atoms with E-state index >= 15 is 0 Å². The maximum Gasteiger partial charge on any atom is 0.244 e. The Morgan fingerprint density at radius 2 is 1.55 bits per heavy atom. The molecule has 1 atom stereocenters. The maximum absolute atomic E-state index is 13.7. The van der Waals surface area contributed by atoms with E-state index in [0.29, 0.717) is 27.1 Å². The van der Waals surface area contributed by atoms with Crippen LogP contribution in [0.1, 0.15) is 33.3 Å². The Bertz CT molecular complexity index is 1440. The number of hydrogen-bond donors (Lipinski definition) is 1. The highest BCUT2D eigenvalue weighted by molar-refractivity contribution is 7.92. The van der Waals surface area contributed by atoms with Gasteiger partial charge in [-0.25, -0.2) is 8.42 Å². The van der Waals surface area contributed by atoms with Gasteiger partial charge in [0.1, 0.15) is 24.1 Å². The summed E-state index contributed by atoms with van der Waals surface area (Å²) in [7, 11) is -3.88. The van der Waals surface area contributed by atoms with Crippen molar-refractivity contribution in [3.63, 3.8) is 0 Å². The lowest BCUT2D eigenvalue weighted by Crippen LogP contribution is -2.54. The molecule has 0 aromatic heterocycles. The summed E-state index contributed by atoms with van der Waals surface area (Å²) >= 11 is 12.4. The molecule has 0 aliphatic rings. The van der Waals surface area contributed by atoms with Crippen LogP contribution in [-0.4, -0.2) is 49.5 Å². The average molecular weight is 607 g/mol. The van der Waals surface area contributed by atoms with Crippen molar-refractivity contribution >= 4 is 50.7 Å². The van der Waals surface area contributed by atoms with Crippen molar-refractivity contribution in [2.24, 2.45) is 0 Å². The first kappa shape index (κ1) is 31.3. The standard InChI is InChI=1S/C29H33Cl2N3O5S/c1-20(28(36)32-29(2,3)4)33(18-21-11-12-22(30)17-26(21)31)27(35)19-34(40(5,37)38)23-13-15-25(16-14-23)39-24-9-7-6-8-10-24/h6-17,20H,18-19H2,1-5H3,(H,32,36)/t20-/m0/s1. The number of carbonyl (C=O) groups is 2. The van der Waals surface area contributed by atoms with E-state index < -0.39 is 34.1 Å². The van der Waals surface area contributed by atoms with Gasteiger partial charge in [0.2, 0.25) is 21.8 Å². The van der Waals surface area contributed by atoms with Gasteiger partial charge in [-0.2, -0.15) is 0 Å². The summed E-state index contributed by atoms with van der Waals surface area (Å²) in [6, 6.07) is 19.4. The Morgan fingerprint density at radius 1 is 0.950 bits per heavy atom. The Morgan fingerprint density at radius 3 is 2.10 bits per heavy atom. The lowest BCUT2D eigenvalue weighted by atomic mass is 10.1. The smallest absolute Gasteiger partial charge is 0.244 e. The summed E-state index contributed by atoms with van der Waals surface area (Å²) in [6.07, 6.45) is 1.02. The van der Waals surface area contributed by atoms with Gasteiger partial charge in [0, 0.05) is 22.1 Å². The van der Waals surface area contributed by atoms with E-state index in [1.54, 1.807) is 61.5 Å². The molecule has 2 amide bonds. The van der Waals surface area contributed by atoms with Crippen LogP contribution in [0.4, 0.5) is 5.69 Å². The van der Waals surface area contributed by atoms with Gasteiger partial charge in [-0.05, 0) is 81.8 Å². The van der Waals surface area contributed by atoms with Crippen molar-refractivity contribution in [3.8, 4) is 11.5 Å². The predicted molar refractivity (Wildman–Crippen MR) is 160 cm³/mol. The highest BCUT2D eigenvalue weighted by Crippen LogP contribution is 2.27. The minimum Gasteiger partial charge on any atom is -0.457 e. The molecule has 0 heterocycles. The number of rotatable bonds is 10. The van der Waals surface area contributed by atoms with Gasteiger partial charge < -0.3 is 15.0 Å². The number of nitrogens with one attached hydrogen (secondary N) is 1. The van der Waals surface area contributed by atoms with Crippen molar-refractivity contribution in [1.82, 2.24) is 10.2 Å². The van der Waals surface area contributed by atoms with Crippen molar-refractivity contribution in [1.29, 1.82) is 0 Å². The number of ether oxygens (including phenoxy) is 1. The normalized spacial score (nSPS) is 12.4. The summed E-state index contributed by atoms with van der Waals surface area (Å²) in [5.74, 6) is 0.155. The second-order valence-electron chi connectivity index (χ2n) is 10.4.